The fraction of sp³-hybridized carbons (Fsp3) is 0.500. The van der Waals surface area contributed by atoms with Crippen LogP contribution >= 0.6 is 23.2 Å². The van der Waals surface area contributed by atoms with Crippen molar-refractivity contribution in [2.75, 3.05) is 0 Å². The lowest BCUT2D eigenvalue weighted by atomic mass is 9.98. The highest BCUT2D eigenvalue weighted by molar-refractivity contribution is 6.42. The highest BCUT2D eigenvalue weighted by Gasteiger charge is 2.21. The van der Waals surface area contributed by atoms with E-state index < -0.39 is 6.04 Å². The molecule has 0 aliphatic carbocycles. The lowest BCUT2D eigenvalue weighted by Gasteiger charge is -2.21. The van der Waals surface area contributed by atoms with Crippen LogP contribution in [0.3, 0.4) is 0 Å². The van der Waals surface area contributed by atoms with Crippen LogP contribution in [0.1, 0.15) is 38.8 Å². The molecule has 0 saturated heterocycles. The van der Waals surface area contributed by atoms with Crippen LogP contribution in [0.15, 0.2) is 18.2 Å². The number of amides is 1. The molecule has 106 valence electrons. The van der Waals surface area contributed by atoms with Crippen LogP contribution < -0.4 is 11.1 Å². The first-order chi connectivity index (χ1) is 8.86. The summed E-state index contributed by atoms with van der Waals surface area (Å²) in [6.45, 7) is 5.87. The van der Waals surface area contributed by atoms with Gasteiger partial charge in [-0.15, -0.1) is 0 Å². The minimum atomic E-state index is -0.491. The average Bonchev–Trinajstić information content (AvgIpc) is 2.39. The average molecular weight is 303 g/mol. The van der Waals surface area contributed by atoms with Gasteiger partial charge in [-0.25, -0.2) is 0 Å². The Labute approximate surface area is 124 Å². The second kappa shape index (κ2) is 7.13. The summed E-state index contributed by atoms with van der Waals surface area (Å²) in [5, 5.41) is 3.87. The van der Waals surface area contributed by atoms with Crippen LogP contribution in [0.4, 0.5) is 0 Å². The Morgan fingerprint density at radius 2 is 1.95 bits per heavy atom. The quantitative estimate of drug-likeness (QED) is 0.874. The lowest BCUT2D eigenvalue weighted by molar-refractivity contribution is -0.124. The molecule has 3 nitrogen and oxygen atoms in total. The third-order valence-corrected chi connectivity index (χ3v) is 4.10. The van der Waals surface area contributed by atoms with Gasteiger partial charge < -0.3 is 11.1 Å². The smallest absolute Gasteiger partial charge is 0.237 e. The van der Waals surface area contributed by atoms with Crippen molar-refractivity contribution in [3.8, 4) is 0 Å². The summed E-state index contributed by atoms with van der Waals surface area (Å²) in [7, 11) is 0. The summed E-state index contributed by atoms with van der Waals surface area (Å²) in [5.74, 6) is 0.00827. The summed E-state index contributed by atoms with van der Waals surface area (Å²) in [4.78, 5) is 12.0. The topological polar surface area (TPSA) is 55.1 Å². The van der Waals surface area contributed by atoms with Gasteiger partial charge in [0.2, 0.25) is 5.91 Å². The van der Waals surface area contributed by atoms with Crippen molar-refractivity contribution in [3.05, 3.63) is 33.8 Å². The number of benzene rings is 1. The van der Waals surface area contributed by atoms with Gasteiger partial charge in [-0.1, -0.05) is 49.5 Å². The second-order valence-electron chi connectivity index (χ2n) is 4.82. The molecule has 0 heterocycles. The van der Waals surface area contributed by atoms with E-state index in [-0.39, 0.29) is 17.9 Å². The van der Waals surface area contributed by atoms with Crippen molar-refractivity contribution in [1.29, 1.82) is 0 Å². The molecule has 0 spiro atoms. The molecule has 0 fully saturated rings. The molecule has 0 radical (unpaired) electrons. The number of carbonyl (C=O) groups excluding carboxylic acids is 1. The number of hydrogen-bond donors (Lipinski definition) is 2. The summed E-state index contributed by atoms with van der Waals surface area (Å²) < 4.78 is 0. The van der Waals surface area contributed by atoms with E-state index in [1.807, 2.05) is 26.8 Å². The van der Waals surface area contributed by atoms with Gasteiger partial charge >= 0.3 is 0 Å². The lowest BCUT2D eigenvalue weighted by Crippen LogP contribution is -2.45. The highest BCUT2D eigenvalue weighted by atomic mass is 35.5. The van der Waals surface area contributed by atoms with E-state index >= 15 is 0 Å². The van der Waals surface area contributed by atoms with Crippen molar-refractivity contribution < 1.29 is 4.79 Å². The minimum absolute atomic E-state index is 0.145. The first kappa shape index (κ1) is 16.3. The van der Waals surface area contributed by atoms with Crippen LogP contribution in [0.2, 0.25) is 10.0 Å². The van der Waals surface area contributed by atoms with E-state index in [1.54, 1.807) is 12.1 Å². The Kier molecular flexibility index (Phi) is 6.11. The molecule has 0 aliphatic rings. The molecule has 0 bridgehead atoms. The summed E-state index contributed by atoms with van der Waals surface area (Å²) in [5.41, 5.74) is 6.79. The van der Waals surface area contributed by atoms with Gasteiger partial charge in [0, 0.05) is 0 Å². The van der Waals surface area contributed by atoms with Gasteiger partial charge in [0.1, 0.15) is 0 Å². The van der Waals surface area contributed by atoms with Gasteiger partial charge in [-0.2, -0.15) is 0 Å². The molecule has 1 rings (SSSR count). The van der Waals surface area contributed by atoms with Gasteiger partial charge in [0.15, 0.2) is 0 Å². The Balaban J connectivity index is 2.71. The predicted octanol–water partition coefficient (Wildman–Crippen LogP) is 3.54. The van der Waals surface area contributed by atoms with E-state index in [2.05, 4.69) is 5.32 Å². The fourth-order valence-electron chi connectivity index (χ4n) is 1.69. The predicted molar refractivity (Wildman–Crippen MR) is 80.5 cm³/mol. The third-order valence-electron chi connectivity index (χ3n) is 3.36. The van der Waals surface area contributed by atoms with Gasteiger partial charge in [0.25, 0.3) is 0 Å². The maximum absolute atomic E-state index is 12.0. The summed E-state index contributed by atoms with van der Waals surface area (Å²) in [6, 6.07) is 4.67. The van der Waals surface area contributed by atoms with Gasteiger partial charge in [-0.05, 0) is 30.5 Å². The van der Waals surface area contributed by atoms with Crippen molar-refractivity contribution in [2.45, 2.75) is 39.3 Å². The molecule has 0 saturated carbocycles. The number of carbonyl (C=O) groups is 1. The van der Waals surface area contributed by atoms with Crippen molar-refractivity contribution >= 4 is 29.1 Å². The minimum Gasteiger partial charge on any atom is -0.348 e. The molecule has 1 unspecified atom stereocenters. The highest BCUT2D eigenvalue weighted by Crippen LogP contribution is 2.25. The molecular formula is C14H20Cl2N2O. The molecule has 3 atom stereocenters. The number of nitrogens with one attached hydrogen (secondary N) is 1. The van der Waals surface area contributed by atoms with E-state index in [4.69, 9.17) is 28.9 Å². The third kappa shape index (κ3) is 4.37. The largest absolute Gasteiger partial charge is 0.348 e. The number of halogens is 2. The zero-order chi connectivity index (χ0) is 14.6. The van der Waals surface area contributed by atoms with E-state index in [1.165, 1.54) is 0 Å². The summed E-state index contributed by atoms with van der Waals surface area (Å²) in [6.07, 6.45) is 0.871. The molecule has 1 aromatic rings. The molecule has 0 aromatic heterocycles. The van der Waals surface area contributed by atoms with Crippen molar-refractivity contribution in [2.24, 2.45) is 11.7 Å². The van der Waals surface area contributed by atoms with Crippen LogP contribution in [0, 0.1) is 5.92 Å². The normalized spacial score (nSPS) is 15.7. The Morgan fingerprint density at radius 3 is 2.47 bits per heavy atom. The van der Waals surface area contributed by atoms with E-state index in [0.29, 0.717) is 10.0 Å². The first-order valence-corrected chi connectivity index (χ1v) is 7.13. The maximum Gasteiger partial charge on any atom is 0.237 e. The molecule has 0 aliphatic heterocycles. The fourth-order valence-corrected chi connectivity index (χ4v) is 1.99. The van der Waals surface area contributed by atoms with E-state index in [9.17, 15) is 4.79 Å². The van der Waals surface area contributed by atoms with Crippen LogP contribution in [0.5, 0.6) is 0 Å². The second-order valence-corrected chi connectivity index (χ2v) is 5.63. The summed E-state index contributed by atoms with van der Waals surface area (Å²) >= 11 is 11.8. The molecule has 1 amide bonds. The zero-order valence-corrected chi connectivity index (χ0v) is 12.9. The van der Waals surface area contributed by atoms with Gasteiger partial charge in [0.05, 0.1) is 22.1 Å². The zero-order valence-electron chi connectivity index (χ0n) is 11.4. The Bertz CT molecular complexity index is 451. The standard InChI is InChI=1S/C14H20Cl2N2O/c1-4-8(2)13(17)14(19)18-9(3)10-5-6-11(15)12(16)7-10/h5-9,13H,4,17H2,1-3H3,(H,18,19)/t8-,9?,13-/m0/s1. The first-order valence-electron chi connectivity index (χ1n) is 6.37. The van der Waals surface area contributed by atoms with Crippen molar-refractivity contribution in [1.82, 2.24) is 5.32 Å². The molecule has 19 heavy (non-hydrogen) atoms. The number of hydrogen-bond acceptors (Lipinski definition) is 2. The number of rotatable bonds is 5. The monoisotopic (exact) mass is 302 g/mol. The Hall–Kier alpha value is -0.770. The molecular weight excluding hydrogens is 283 g/mol. The molecule has 3 N–H and O–H groups in total. The van der Waals surface area contributed by atoms with Gasteiger partial charge in [-0.3, -0.25) is 4.79 Å². The maximum atomic E-state index is 12.0. The van der Waals surface area contributed by atoms with Crippen LogP contribution in [-0.2, 0) is 4.79 Å². The molecule has 5 heteroatoms. The van der Waals surface area contributed by atoms with Crippen LogP contribution in [-0.4, -0.2) is 11.9 Å². The number of nitrogens with two attached hydrogens (primary N) is 1. The SMILES string of the molecule is CC[C@H](C)[C@H](N)C(=O)NC(C)c1ccc(Cl)c(Cl)c1. The van der Waals surface area contributed by atoms with Crippen molar-refractivity contribution in [3.63, 3.8) is 0 Å². The Morgan fingerprint density at radius 1 is 1.32 bits per heavy atom. The van der Waals surface area contributed by atoms with E-state index in [0.717, 1.165) is 12.0 Å². The molecule has 1 aromatic carbocycles. The van der Waals surface area contributed by atoms with Crippen LogP contribution in [0.25, 0.3) is 0 Å².